The Hall–Kier alpha value is -1.28. The van der Waals surface area contributed by atoms with Crippen LogP contribution in [0.15, 0.2) is 36.5 Å². The van der Waals surface area contributed by atoms with Gasteiger partial charge in [0, 0.05) is 19.6 Å². The van der Waals surface area contributed by atoms with Crippen molar-refractivity contribution in [2.45, 2.75) is 245 Å². The molecule has 2 atom stereocenters. The Balaban J connectivity index is 3.90. The first-order valence-electron chi connectivity index (χ1n) is 25.0. The lowest BCUT2D eigenvalue weighted by atomic mass is 10.0. The number of ether oxygens (including phenoxy) is 2. The Kier molecular flexibility index (Phi) is 46.7. The van der Waals surface area contributed by atoms with Crippen LogP contribution in [0.4, 0.5) is 0 Å². The van der Waals surface area contributed by atoms with E-state index in [2.05, 4.69) is 50.3 Å². The van der Waals surface area contributed by atoms with Crippen molar-refractivity contribution in [1.29, 1.82) is 0 Å². The molecule has 0 saturated heterocycles. The van der Waals surface area contributed by atoms with Crippen molar-refractivity contribution in [1.82, 2.24) is 0 Å². The topological polar surface area (TPSA) is 117 Å². The molecule has 0 aliphatic heterocycles. The second-order valence-electron chi connectivity index (χ2n) is 16.7. The molecule has 0 aliphatic carbocycles. The highest BCUT2D eigenvalue weighted by molar-refractivity contribution is 7.47. The number of carbonyl (C=O) groups excluding carboxylic acids is 1. The predicted octanol–water partition coefficient (Wildman–Crippen LogP) is 15.4. The maximum absolute atomic E-state index is 12.6. The predicted molar refractivity (Wildman–Crippen MR) is 252 cm³/mol. The number of allylic oxidation sites excluding steroid dienone is 6. The minimum absolute atomic E-state index is 0.0946. The Morgan fingerprint density at radius 2 is 0.898 bits per heavy atom. The third-order valence-electron chi connectivity index (χ3n) is 10.8. The van der Waals surface area contributed by atoms with Crippen molar-refractivity contribution in [2.75, 3.05) is 33.0 Å². The molecule has 0 rings (SSSR count). The zero-order valence-corrected chi connectivity index (χ0v) is 39.6. The second-order valence-corrected chi connectivity index (χ2v) is 18.1. The molecule has 0 bridgehead atoms. The van der Waals surface area contributed by atoms with E-state index in [-0.39, 0.29) is 32.3 Å². The van der Waals surface area contributed by atoms with Crippen LogP contribution in [-0.2, 0) is 27.9 Å². The van der Waals surface area contributed by atoms with Crippen LogP contribution in [0.25, 0.3) is 0 Å². The highest BCUT2D eigenvalue weighted by Gasteiger charge is 2.25. The summed E-state index contributed by atoms with van der Waals surface area (Å²) in [6, 6.07) is 0. The number of unbranched alkanes of at least 4 members (excludes halogenated alkanes) is 29. The zero-order valence-electron chi connectivity index (χ0n) is 38.7. The molecule has 0 aromatic rings. The van der Waals surface area contributed by atoms with Gasteiger partial charge in [-0.1, -0.05) is 217 Å². The molecule has 3 N–H and O–H groups in total. The SMILES string of the molecule is CCCCCCC/C=C\C/C=C\C/C=C\CCCCCCCCCCCCCOCC(COP(=O)(O)OCCN)OC(=O)CCCCCCCCCCCCCCCC. The quantitative estimate of drug-likeness (QED) is 0.0269. The van der Waals surface area contributed by atoms with E-state index >= 15 is 0 Å². The van der Waals surface area contributed by atoms with Crippen LogP contribution in [0.3, 0.4) is 0 Å². The van der Waals surface area contributed by atoms with Crippen LogP contribution >= 0.6 is 7.82 Å². The average Bonchev–Trinajstić information content (AvgIpc) is 3.23. The normalized spacial score (nSPS) is 13.6. The standard InChI is InChI=1S/C50H96NO7P/c1-3-5-7-9-11-13-15-17-19-20-21-22-23-24-25-26-27-28-29-30-32-34-36-38-40-42-45-55-47-49(48-57-59(53,54)56-46-44-51)58-50(52)43-41-39-37-35-33-31-18-16-14-12-10-8-6-4-2/h15,17,20-21,23-24,49H,3-14,16,18-19,22,25-48,51H2,1-2H3,(H,53,54)/b17-15-,21-20-,24-23-. The van der Waals surface area contributed by atoms with Gasteiger partial charge in [0.2, 0.25) is 0 Å². The van der Waals surface area contributed by atoms with Gasteiger partial charge in [-0.2, -0.15) is 0 Å². The molecule has 0 aromatic heterocycles. The van der Waals surface area contributed by atoms with Gasteiger partial charge in [-0.15, -0.1) is 0 Å². The van der Waals surface area contributed by atoms with E-state index < -0.39 is 13.9 Å². The minimum Gasteiger partial charge on any atom is -0.457 e. The van der Waals surface area contributed by atoms with Crippen molar-refractivity contribution in [3.63, 3.8) is 0 Å². The van der Waals surface area contributed by atoms with Crippen LogP contribution in [0.1, 0.15) is 239 Å². The van der Waals surface area contributed by atoms with Crippen LogP contribution in [0.2, 0.25) is 0 Å². The van der Waals surface area contributed by atoms with E-state index in [0.717, 1.165) is 44.9 Å². The third-order valence-corrected chi connectivity index (χ3v) is 11.8. The molecular formula is C50H96NO7P. The van der Waals surface area contributed by atoms with Gasteiger partial charge in [-0.3, -0.25) is 13.8 Å². The molecule has 0 aromatic carbocycles. The van der Waals surface area contributed by atoms with Crippen LogP contribution in [0, 0.1) is 0 Å². The fraction of sp³-hybridized carbons (Fsp3) is 0.860. The number of esters is 1. The number of rotatable bonds is 48. The lowest BCUT2D eigenvalue weighted by Crippen LogP contribution is -2.28. The van der Waals surface area contributed by atoms with Gasteiger partial charge in [0.25, 0.3) is 0 Å². The summed E-state index contributed by atoms with van der Waals surface area (Å²) >= 11 is 0. The number of nitrogens with two attached hydrogens (primary N) is 1. The molecule has 0 amide bonds. The summed E-state index contributed by atoms with van der Waals surface area (Å²) in [5.41, 5.74) is 5.38. The summed E-state index contributed by atoms with van der Waals surface area (Å²) < 4.78 is 33.5. The van der Waals surface area contributed by atoms with Gasteiger partial charge < -0.3 is 20.1 Å². The van der Waals surface area contributed by atoms with Gasteiger partial charge in [0.05, 0.1) is 19.8 Å². The average molecular weight is 854 g/mol. The van der Waals surface area contributed by atoms with E-state index in [4.69, 9.17) is 24.3 Å². The summed E-state index contributed by atoms with van der Waals surface area (Å²) in [6.45, 7) is 4.94. The number of hydrogen-bond acceptors (Lipinski definition) is 7. The number of hydrogen-bond donors (Lipinski definition) is 2. The van der Waals surface area contributed by atoms with E-state index in [1.54, 1.807) is 0 Å². The summed E-state index contributed by atoms with van der Waals surface area (Å²) in [4.78, 5) is 22.5. The largest absolute Gasteiger partial charge is 0.472 e. The molecule has 9 heteroatoms. The fourth-order valence-corrected chi connectivity index (χ4v) is 7.89. The summed E-state index contributed by atoms with van der Waals surface area (Å²) in [7, 11) is -4.28. The molecule has 8 nitrogen and oxygen atoms in total. The van der Waals surface area contributed by atoms with E-state index in [1.807, 2.05) is 0 Å². The second kappa shape index (κ2) is 47.8. The van der Waals surface area contributed by atoms with Crippen molar-refractivity contribution in [2.24, 2.45) is 5.73 Å². The van der Waals surface area contributed by atoms with Gasteiger partial charge >= 0.3 is 13.8 Å². The minimum atomic E-state index is -4.28. The monoisotopic (exact) mass is 854 g/mol. The Bertz CT molecular complexity index is 1000. The molecule has 0 heterocycles. The maximum Gasteiger partial charge on any atom is 0.472 e. The number of phosphoric ester groups is 1. The van der Waals surface area contributed by atoms with Crippen LogP contribution < -0.4 is 5.73 Å². The molecule has 2 unspecified atom stereocenters. The van der Waals surface area contributed by atoms with Crippen molar-refractivity contribution < 1.29 is 32.8 Å². The van der Waals surface area contributed by atoms with Gasteiger partial charge in [-0.05, 0) is 51.4 Å². The molecule has 348 valence electrons. The fourth-order valence-electron chi connectivity index (χ4n) is 7.12. The molecule has 0 saturated carbocycles. The van der Waals surface area contributed by atoms with E-state index in [9.17, 15) is 14.3 Å². The molecular weight excluding hydrogens is 758 g/mol. The van der Waals surface area contributed by atoms with Gasteiger partial charge in [-0.25, -0.2) is 4.57 Å². The summed E-state index contributed by atoms with van der Waals surface area (Å²) in [5.74, 6) is -0.328. The smallest absolute Gasteiger partial charge is 0.457 e. The summed E-state index contributed by atoms with van der Waals surface area (Å²) in [6.07, 6.45) is 56.0. The molecule has 0 aliphatic rings. The molecule has 0 radical (unpaired) electrons. The van der Waals surface area contributed by atoms with Crippen molar-refractivity contribution >= 4 is 13.8 Å². The van der Waals surface area contributed by atoms with Crippen molar-refractivity contribution in [3.8, 4) is 0 Å². The van der Waals surface area contributed by atoms with Crippen LogP contribution in [-0.4, -0.2) is 49.9 Å². The molecule has 0 fully saturated rings. The van der Waals surface area contributed by atoms with E-state index in [1.165, 1.54) is 173 Å². The first kappa shape index (κ1) is 57.7. The Labute approximate surface area is 365 Å². The summed E-state index contributed by atoms with van der Waals surface area (Å²) in [5, 5.41) is 0. The zero-order chi connectivity index (χ0) is 43.0. The van der Waals surface area contributed by atoms with E-state index in [0.29, 0.717) is 13.0 Å². The highest BCUT2D eigenvalue weighted by Crippen LogP contribution is 2.43. The third kappa shape index (κ3) is 47.6. The van der Waals surface area contributed by atoms with Crippen LogP contribution in [0.5, 0.6) is 0 Å². The lowest BCUT2D eigenvalue weighted by molar-refractivity contribution is -0.154. The molecule has 0 spiro atoms. The number of phosphoric acid groups is 1. The maximum atomic E-state index is 12.6. The van der Waals surface area contributed by atoms with Crippen molar-refractivity contribution in [3.05, 3.63) is 36.5 Å². The van der Waals surface area contributed by atoms with Gasteiger partial charge in [0.15, 0.2) is 0 Å². The number of carbonyl (C=O) groups is 1. The highest BCUT2D eigenvalue weighted by atomic mass is 31.2. The van der Waals surface area contributed by atoms with Gasteiger partial charge in [0.1, 0.15) is 6.10 Å². The first-order valence-corrected chi connectivity index (χ1v) is 26.5. The Morgan fingerprint density at radius 1 is 0.508 bits per heavy atom. The molecule has 59 heavy (non-hydrogen) atoms. The lowest BCUT2D eigenvalue weighted by Gasteiger charge is -2.20. The first-order chi connectivity index (χ1) is 28.9. The Morgan fingerprint density at radius 3 is 1.34 bits per heavy atom.